The molecular formula is C16H18N4O3. The first kappa shape index (κ1) is 15.1. The Hall–Kier alpha value is -2.83. The monoisotopic (exact) mass is 314 g/mol. The zero-order chi connectivity index (χ0) is 16.4. The number of anilines is 1. The normalized spacial score (nSPS) is 13.1. The molecule has 0 aliphatic carbocycles. The Labute approximate surface area is 133 Å². The van der Waals surface area contributed by atoms with Gasteiger partial charge in [0.15, 0.2) is 5.69 Å². The van der Waals surface area contributed by atoms with Crippen LogP contribution in [0.1, 0.15) is 38.5 Å². The van der Waals surface area contributed by atoms with Crippen LogP contribution in [0.3, 0.4) is 0 Å². The van der Waals surface area contributed by atoms with E-state index in [4.69, 9.17) is 5.11 Å². The number of hydrogen-bond donors (Lipinski definition) is 3. The minimum atomic E-state index is -1.15. The maximum Gasteiger partial charge on any atom is 0.356 e. The third-order valence-electron chi connectivity index (χ3n) is 3.89. The predicted octanol–water partition coefficient (Wildman–Crippen LogP) is 1.41. The van der Waals surface area contributed by atoms with Crippen molar-refractivity contribution in [1.29, 1.82) is 0 Å². The van der Waals surface area contributed by atoms with Gasteiger partial charge in [-0.25, -0.2) is 4.79 Å². The molecular weight excluding hydrogens is 296 g/mol. The van der Waals surface area contributed by atoms with Gasteiger partial charge in [0.1, 0.15) is 5.69 Å². The molecule has 1 aromatic carbocycles. The second-order valence-corrected chi connectivity index (χ2v) is 5.55. The van der Waals surface area contributed by atoms with Crippen LogP contribution in [0.25, 0.3) is 0 Å². The summed E-state index contributed by atoms with van der Waals surface area (Å²) < 4.78 is 1.27. The third-order valence-corrected chi connectivity index (χ3v) is 3.89. The zero-order valence-corrected chi connectivity index (χ0v) is 12.8. The summed E-state index contributed by atoms with van der Waals surface area (Å²) in [5, 5.41) is 18.9. The lowest BCUT2D eigenvalue weighted by atomic mass is 10.0. The lowest BCUT2D eigenvalue weighted by molar-refractivity contribution is 0.0689. The number of nitrogens with one attached hydrogen (secondary N) is 2. The highest BCUT2D eigenvalue weighted by Crippen LogP contribution is 2.22. The molecule has 2 aromatic rings. The molecule has 7 heteroatoms. The highest BCUT2D eigenvalue weighted by Gasteiger charge is 2.17. The van der Waals surface area contributed by atoms with Gasteiger partial charge >= 0.3 is 5.97 Å². The van der Waals surface area contributed by atoms with E-state index >= 15 is 0 Å². The van der Waals surface area contributed by atoms with Crippen LogP contribution < -0.4 is 10.6 Å². The van der Waals surface area contributed by atoms with Gasteiger partial charge in [-0.1, -0.05) is 12.1 Å². The number of carbonyl (C=O) groups excluding carboxylic acids is 1. The van der Waals surface area contributed by atoms with Gasteiger partial charge in [-0.3, -0.25) is 9.48 Å². The molecule has 0 saturated heterocycles. The fourth-order valence-electron chi connectivity index (χ4n) is 2.70. The lowest BCUT2D eigenvalue weighted by Gasteiger charge is -2.18. The molecule has 0 bridgehead atoms. The molecule has 23 heavy (non-hydrogen) atoms. The molecule has 1 aromatic heterocycles. The molecule has 3 rings (SSSR count). The molecule has 0 atom stereocenters. The molecule has 3 N–H and O–H groups in total. The van der Waals surface area contributed by atoms with Crippen molar-refractivity contribution in [3.8, 4) is 0 Å². The highest BCUT2D eigenvalue weighted by molar-refractivity contribution is 5.95. The van der Waals surface area contributed by atoms with Crippen molar-refractivity contribution in [3.63, 3.8) is 0 Å². The number of nitrogens with zero attached hydrogens (tertiary/aromatic N) is 2. The van der Waals surface area contributed by atoms with Gasteiger partial charge in [0.2, 0.25) is 0 Å². The highest BCUT2D eigenvalue weighted by atomic mass is 16.4. The Morgan fingerprint density at radius 1 is 1.39 bits per heavy atom. The van der Waals surface area contributed by atoms with Crippen LogP contribution in [-0.2, 0) is 20.0 Å². The zero-order valence-electron chi connectivity index (χ0n) is 12.8. The molecule has 7 nitrogen and oxygen atoms in total. The molecule has 0 fully saturated rings. The number of aromatic carboxylic acids is 1. The van der Waals surface area contributed by atoms with Crippen LogP contribution in [0.2, 0.25) is 0 Å². The van der Waals surface area contributed by atoms with Crippen LogP contribution >= 0.6 is 0 Å². The van der Waals surface area contributed by atoms with E-state index in [0.29, 0.717) is 6.54 Å². The maximum absolute atomic E-state index is 12.2. The molecule has 0 spiro atoms. The Morgan fingerprint density at radius 2 is 2.22 bits per heavy atom. The molecule has 2 heterocycles. The molecule has 0 saturated carbocycles. The van der Waals surface area contributed by atoms with E-state index in [0.717, 1.165) is 30.6 Å². The van der Waals surface area contributed by atoms with Gasteiger partial charge < -0.3 is 15.7 Å². The van der Waals surface area contributed by atoms with E-state index in [-0.39, 0.29) is 17.3 Å². The summed E-state index contributed by atoms with van der Waals surface area (Å²) in [6.07, 6.45) is 2.14. The fraction of sp³-hybridized carbons (Fsp3) is 0.312. The number of benzene rings is 1. The standard InChI is InChI=1S/C16H18N4O3/c1-20-14(8-13(19-20)16(22)23)15(21)18-9-10-4-5-12-11(7-10)3-2-6-17-12/h4-5,7-8,17H,2-3,6,9H2,1H3,(H,18,21)(H,22,23). The number of amides is 1. The van der Waals surface area contributed by atoms with E-state index in [1.807, 2.05) is 12.1 Å². The number of fused-ring (bicyclic) bond motifs is 1. The summed E-state index contributed by atoms with van der Waals surface area (Å²) in [5.74, 6) is -1.50. The molecule has 1 aliphatic heterocycles. The van der Waals surface area contributed by atoms with Gasteiger partial charge in [0.05, 0.1) is 0 Å². The number of carbonyl (C=O) groups is 2. The fourth-order valence-corrected chi connectivity index (χ4v) is 2.70. The largest absolute Gasteiger partial charge is 0.476 e. The van der Waals surface area contributed by atoms with Crippen LogP contribution in [0.15, 0.2) is 24.3 Å². The van der Waals surface area contributed by atoms with Gasteiger partial charge in [-0.2, -0.15) is 5.10 Å². The lowest BCUT2D eigenvalue weighted by Crippen LogP contribution is -2.25. The summed E-state index contributed by atoms with van der Waals surface area (Å²) in [4.78, 5) is 23.1. The van der Waals surface area contributed by atoms with Crippen molar-refractivity contribution >= 4 is 17.6 Å². The van der Waals surface area contributed by atoms with E-state index in [9.17, 15) is 9.59 Å². The predicted molar refractivity (Wildman–Crippen MR) is 84.6 cm³/mol. The van der Waals surface area contributed by atoms with E-state index < -0.39 is 5.97 Å². The van der Waals surface area contributed by atoms with Crippen molar-refractivity contribution in [2.24, 2.45) is 7.05 Å². The molecule has 0 unspecified atom stereocenters. The first-order valence-corrected chi connectivity index (χ1v) is 7.46. The van der Waals surface area contributed by atoms with Crippen molar-refractivity contribution in [3.05, 3.63) is 46.8 Å². The van der Waals surface area contributed by atoms with Crippen molar-refractivity contribution in [1.82, 2.24) is 15.1 Å². The summed E-state index contributed by atoms with van der Waals surface area (Å²) in [7, 11) is 1.55. The summed E-state index contributed by atoms with van der Waals surface area (Å²) >= 11 is 0. The van der Waals surface area contributed by atoms with Crippen molar-refractivity contribution in [2.45, 2.75) is 19.4 Å². The first-order valence-electron chi connectivity index (χ1n) is 7.46. The quantitative estimate of drug-likeness (QED) is 0.793. The molecule has 1 amide bonds. The van der Waals surface area contributed by atoms with Crippen LogP contribution in [0, 0.1) is 0 Å². The molecule has 0 radical (unpaired) electrons. The minimum absolute atomic E-state index is 0.141. The average Bonchev–Trinajstić information content (AvgIpc) is 2.94. The van der Waals surface area contributed by atoms with Gasteiger partial charge in [0, 0.05) is 31.9 Å². The van der Waals surface area contributed by atoms with Gasteiger partial charge in [-0.15, -0.1) is 0 Å². The van der Waals surface area contributed by atoms with E-state index in [1.165, 1.54) is 16.3 Å². The minimum Gasteiger partial charge on any atom is -0.476 e. The maximum atomic E-state index is 12.2. The van der Waals surface area contributed by atoms with E-state index in [1.54, 1.807) is 7.05 Å². The summed E-state index contributed by atoms with van der Waals surface area (Å²) in [6.45, 7) is 1.38. The van der Waals surface area contributed by atoms with E-state index in [2.05, 4.69) is 21.8 Å². The second-order valence-electron chi connectivity index (χ2n) is 5.55. The number of aromatic nitrogens is 2. The number of aryl methyl sites for hydroxylation is 2. The number of hydrogen-bond acceptors (Lipinski definition) is 4. The van der Waals surface area contributed by atoms with Crippen LogP contribution in [0.4, 0.5) is 5.69 Å². The number of carboxylic acid groups (broad SMARTS) is 1. The summed E-state index contributed by atoms with van der Waals surface area (Å²) in [5.41, 5.74) is 3.52. The molecule has 1 aliphatic rings. The van der Waals surface area contributed by atoms with Crippen molar-refractivity contribution in [2.75, 3.05) is 11.9 Å². The second kappa shape index (κ2) is 6.12. The Bertz CT molecular complexity index is 767. The van der Waals surface area contributed by atoms with Crippen LogP contribution in [-0.4, -0.2) is 33.3 Å². The summed E-state index contributed by atoms with van der Waals surface area (Å²) in [6, 6.07) is 7.37. The average molecular weight is 314 g/mol. The Morgan fingerprint density at radius 3 is 2.96 bits per heavy atom. The molecule has 120 valence electrons. The van der Waals surface area contributed by atoms with Crippen LogP contribution in [0.5, 0.6) is 0 Å². The first-order chi connectivity index (χ1) is 11.0. The Balaban J connectivity index is 1.68. The van der Waals surface area contributed by atoms with Crippen molar-refractivity contribution < 1.29 is 14.7 Å². The van der Waals surface area contributed by atoms with Gasteiger partial charge in [-0.05, 0) is 30.0 Å². The SMILES string of the molecule is Cn1nc(C(=O)O)cc1C(=O)NCc1ccc2c(c1)CCCN2. The number of rotatable bonds is 4. The smallest absolute Gasteiger partial charge is 0.356 e. The topological polar surface area (TPSA) is 96.2 Å². The number of carboxylic acids is 1. The Kier molecular flexibility index (Phi) is 4.01. The third kappa shape index (κ3) is 3.18. The van der Waals surface area contributed by atoms with Gasteiger partial charge in [0.25, 0.3) is 5.91 Å².